The Labute approximate surface area is 136 Å². The first kappa shape index (κ1) is 18.3. The molecule has 22 heavy (non-hydrogen) atoms. The van der Waals surface area contributed by atoms with E-state index in [1.54, 1.807) is 30.3 Å². The fourth-order valence-electron chi connectivity index (χ4n) is 2.26. The number of nitrogens with two attached hydrogens (primary N) is 1. The first-order valence-electron chi connectivity index (χ1n) is 7.22. The molecule has 0 aromatic heterocycles. The van der Waals surface area contributed by atoms with Gasteiger partial charge in [-0.05, 0) is 41.8 Å². The lowest BCUT2D eigenvalue weighted by Crippen LogP contribution is -3.00. The van der Waals surface area contributed by atoms with E-state index in [0.29, 0.717) is 12.3 Å². The lowest BCUT2D eigenvalue weighted by molar-refractivity contribution is -0.662. The molecule has 120 valence electrons. The van der Waals surface area contributed by atoms with Crippen LogP contribution in [0.5, 0.6) is 11.5 Å². The molecule has 0 aliphatic carbocycles. The SMILES string of the molecule is Oc1ccc(CCC[NH2+]C[C@H](O)c2cccc(O)c2)cc1.[Cl-]. The molecule has 5 N–H and O–H groups in total. The van der Waals surface area contributed by atoms with Crippen molar-refractivity contribution >= 4 is 0 Å². The van der Waals surface area contributed by atoms with Crippen molar-refractivity contribution in [1.82, 2.24) is 0 Å². The average molecular weight is 324 g/mol. The summed E-state index contributed by atoms with van der Waals surface area (Å²) in [7, 11) is 0. The van der Waals surface area contributed by atoms with E-state index in [0.717, 1.165) is 24.9 Å². The second kappa shape index (κ2) is 9.30. The highest BCUT2D eigenvalue weighted by Gasteiger charge is 2.09. The number of phenols is 2. The average Bonchev–Trinajstić information content (AvgIpc) is 2.48. The van der Waals surface area contributed by atoms with Gasteiger partial charge in [-0.15, -0.1) is 0 Å². The quantitative estimate of drug-likeness (QED) is 0.460. The van der Waals surface area contributed by atoms with Crippen LogP contribution in [-0.4, -0.2) is 28.4 Å². The standard InChI is InChI=1S/C17H21NO3.ClH/c19-15-8-6-13(7-9-15)3-2-10-18-12-17(21)14-4-1-5-16(20)11-14;/h1,4-9,11,17-21H,2-3,10,12H2;1H/t17-;/m0./s1. The van der Waals surface area contributed by atoms with Crippen molar-refractivity contribution in [3.8, 4) is 11.5 Å². The predicted molar refractivity (Wildman–Crippen MR) is 81.2 cm³/mol. The molecule has 0 saturated carbocycles. The molecule has 2 aromatic carbocycles. The number of rotatable bonds is 7. The maximum absolute atomic E-state index is 10.0. The minimum absolute atomic E-state index is 0. The molecule has 0 spiro atoms. The highest BCUT2D eigenvalue weighted by Crippen LogP contribution is 2.16. The topological polar surface area (TPSA) is 77.3 Å². The van der Waals surface area contributed by atoms with Crippen molar-refractivity contribution in [2.75, 3.05) is 13.1 Å². The lowest BCUT2D eigenvalue weighted by atomic mass is 10.1. The van der Waals surface area contributed by atoms with Gasteiger partial charge < -0.3 is 33.0 Å². The molecule has 0 saturated heterocycles. The number of quaternary nitrogens is 1. The summed E-state index contributed by atoms with van der Waals surface area (Å²) >= 11 is 0. The van der Waals surface area contributed by atoms with Gasteiger partial charge in [0, 0.05) is 6.42 Å². The van der Waals surface area contributed by atoms with Crippen molar-refractivity contribution in [2.45, 2.75) is 18.9 Å². The summed E-state index contributed by atoms with van der Waals surface area (Å²) in [5.74, 6) is 0.471. The van der Waals surface area contributed by atoms with E-state index in [1.165, 1.54) is 5.56 Å². The molecule has 0 fully saturated rings. The fourth-order valence-corrected chi connectivity index (χ4v) is 2.26. The summed E-state index contributed by atoms with van der Waals surface area (Å²) in [6, 6.07) is 14.0. The summed E-state index contributed by atoms with van der Waals surface area (Å²) in [5, 5.41) is 30.7. The van der Waals surface area contributed by atoms with Gasteiger partial charge in [-0.1, -0.05) is 24.3 Å². The Morgan fingerprint density at radius 3 is 2.36 bits per heavy atom. The summed E-state index contributed by atoms with van der Waals surface area (Å²) in [5.41, 5.74) is 1.94. The van der Waals surface area contributed by atoms with Gasteiger partial charge in [0.1, 0.15) is 24.1 Å². The second-order valence-corrected chi connectivity index (χ2v) is 5.19. The van der Waals surface area contributed by atoms with Crippen LogP contribution in [0, 0.1) is 0 Å². The summed E-state index contributed by atoms with van der Waals surface area (Å²) < 4.78 is 0. The molecule has 0 unspecified atom stereocenters. The van der Waals surface area contributed by atoms with Crippen molar-refractivity contribution in [3.63, 3.8) is 0 Å². The number of halogens is 1. The number of hydrogen-bond acceptors (Lipinski definition) is 3. The van der Waals surface area contributed by atoms with Gasteiger partial charge in [0.25, 0.3) is 0 Å². The number of hydrogen-bond donors (Lipinski definition) is 4. The molecule has 0 heterocycles. The predicted octanol–water partition coefficient (Wildman–Crippen LogP) is -1.67. The Morgan fingerprint density at radius 1 is 0.955 bits per heavy atom. The Bertz CT molecular complexity index is 560. The number of aromatic hydroxyl groups is 2. The Hall–Kier alpha value is -1.75. The minimum Gasteiger partial charge on any atom is -1.00 e. The van der Waals surface area contributed by atoms with Crippen molar-refractivity contribution < 1.29 is 33.0 Å². The highest BCUT2D eigenvalue weighted by atomic mass is 35.5. The molecule has 2 rings (SSSR count). The summed E-state index contributed by atoms with van der Waals surface area (Å²) in [6.07, 6.45) is 1.40. The summed E-state index contributed by atoms with van der Waals surface area (Å²) in [4.78, 5) is 0. The van der Waals surface area contributed by atoms with Crippen molar-refractivity contribution in [2.24, 2.45) is 0 Å². The maximum atomic E-state index is 10.0. The maximum Gasteiger partial charge on any atom is 0.128 e. The largest absolute Gasteiger partial charge is 1.00 e. The van der Waals surface area contributed by atoms with Crippen LogP contribution in [0.25, 0.3) is 0 Å². The van der Waals surface area contributed by atoms with Gasteiger partial charge >= 0.3 is 0 Å². The van der Waals surface area contributed by atoms with Gasteiger partial charge in [0.15, 0.2) is 0 Å². The third kappa shape index (κ3) is 5.93. The van der Waals surface area contributed by atoms with E-state index in [-0.39, 0.29) is 18.2 Å². The zero-order valence-corrected chi connectivity index (χ0v) is 13.1. The number of aliphatic hydroxyl groups excluding tert-OH is 1. The van der Waals surface area contributed by atoms with E-state index in [2.05, 4.69) is 5.32 Å². The van der Waals surface area contributed by atoms with Gasteiger partial charge in [-0.2, -0.15) is 0 Å². The van der Waals surface area contributed by atoms with Crippen LogP contribution in [0.3, 0.4) is 0 Å². The van der Waals surface area contributed by atoms with Gasteiger partial charge in [0.05, 0.1) is 6.54 Å². The first-order valence-corrected chi connectivity index (χ1v) is 7.22. The van der Waals surface area contributed by atoms with E-state index in [9.17, 15) is 15.3 Å². The van der Waals surface area contributed by atoms with E-state index in [4.69, 9.17) is 0 Å². The molecule has 0 amide bonds. The Kier molecular flexibility index (Phi) is 7.74. The van der Waals surface area contributed by atoms with Crippen LogP contribution >= 0.6 is 0 Å². The zero-order valence-electron chi connectivity index (χ0n) is 12.3. The van der Waals surface area contributed by atoms with Crippen LogP contribution in [0.15, 0.2) is 48.5 Å². The van der Waals surface area contributed by atoms with Crippen LogP contribution in [-0.2, 0) is 6.42 Å². The third-order valence-electron chi connectivity index (χ3n) is 3.45. The fraction of sp³-hybridized carbons (Fsp3) is 0.294. The normalized spacial score (nSPS) is 11.7. The number of benzene rings is 2. The van der Waals surface area contributed by atoms with Crippen molar-refractivity contribution in [3.05, 3.63) is 59.7 Å². The van der Waals surface area contributed by atoms with Crippen molar-refractivity contribution in [1.29, 1.82) is 0 Å². The zero-order chi connectivity index (χ0) is 15.1. The van der Waals surface area contributed by atoms with Crippen LogP contribution < -0.4 is 17.7 Å². The molecule has 1 atom stereocenters. The lowest BCUT2D eigenvalue weighted by Gasteiger charge is -2.10. The molecular formula is C17H22ClNO3. The highest BCUT2D eigenvalue weighted by molar-refractivity contribution is 5.28. The molecule has 0 aliphatic heterocycles. The smallest absolute Gasteiger partial charge is 0.128 e. The van der Waals surface area contributed by atoms with Crippen LogP contribution in [0.1, 0.15) is 23.7 Å². The molecule has 2 aromatic rings. The number of aliphatic hydroxyl groups is 1. The van der Waals surface area contributed by atoms with E-state index < -0.39 is 6.10 Å². The third-order valence-corrected chi connectivity index (χ3v) is 3.45. The molecule has 0 aliphatic rings. The number of phenolic OH excluding ortho intramolecular Hbond substituents is 2. The van der Waals surface area contributed by atoms with E-state index >= 15 is 0 Å². The molecule has 0 radical (unpaired) electrons. The van der Waals surface area contributed by atoms with Gasteiger partial charge in [-0.3, -0.25) is 0 Å². The Balaban J connectivity index is 0.00000242. The molecule has 4 nitrogen and oxygen atoms in total. The first-order chi connectivity index (χ1) is 10.1. The number of aryl methyl sites for hydroxylation is 1. The molecule has 0 bridgehead atoms. The summed E-state index contributed by atoms with van der Waals surface area (Å²) in [6.45, 7) is 1.51. The van der Waals surface area contributed by atoms with E-state index in [1.807, 2.05) is 18.2 Å². The van der Waals surface area contributed by atoms with Crippen LogP contribution in [0.4, 0.5) is 0 Å². The Morgan fingerprint density at radius 2 is 1.68 bits per heavy atom. The second-order valence-electron chi connectivity index (χ2n) is 5.19. The molecular weight excluding hydrogens is 302 g/mol. The molecule has 5 heteroatoms. The van der Waals surface area contributed by atoms with Gasteiger partial charge in [0.2, 0.25) is 0 Å². The monoisotopic (exact) mass is 323 g/mol. The minimum atomic E-state index is -0.564. The van der Waals surface area contributed by atoms with Gasteiger partial charge in [-0.25, -0.2) is 0 Å². The van der Waals surface area contributed by atoms with Crippen LogP contribution in [0.2, 0.25) is 0 Å².